The van der Waals surface area contributed by atoms with Crippen LogP contribution in [-0.2, 0) is 14.3 Å². The molecule has 0 bridgehead atoms. The fourth-order valence-corrected chi connectivity index (χ4v) is 3.17. The number of aliphatic imine (C=N–C) groups is 1. The topological polar surface area (TPSA) is 77.0 Å². The van der Waals surface area contributed by atoms with Crippen LogP contribution in [0.25, 0.3) is 5.70 Å². The molecule has 1 aromatic rings. The van der Waals surface area contributed by atoms with Gasteiger partial charge in [0.2, 0.25) is 0 Å². The van der Waals surface area contributed by atoms with Crippen molar-refractivity contribution in [2.45, 2.75) is 19.8 Å². The summed E-state index contributed by atoms with van der Waals surface area (Å²) in [4.78, 5) is 28.1. The first-order valence-corrected chi connectivity index (χ1v) is 8.99. The molecule has 0 saturated heterocycles. The second-order valence-corrected chi connectivity index (χ2v) is 6.39. The lowest BCUT2D eigenvalue weighted by atomic mass is 9.98. The Kier molecular flexibility index (Phi) is 7.15. The first kappa shape index (κ1) is 19.9. The first-order chi connectivity index (χ1) is 12.5. The van der Waals surface area contributed by atoms with Crippen molar-refractivity contribution in [2.24, 2.45) is 10.9 Å². The number of esters is 1. The zero-order valence-corrected chi connectivity index (χ0v) is 16.3. The van der Waals surface area contributed by atoms with Crippen molar-refractivity contribution in [3.63, 3.8) is 0 Å². The molecule has 1 aromatic carbocycles. The molecule has 1 N–H and O–H groups in total. The molecule has 1 aliphatic heterocycles. The maximum absolute atomic E-state index is 12.2. The van der Waals surface area contributed by atoms with Crippen molar-refractivity contribution in [2.75, 3.05) is 19.0 Å². The number of hydrogen-bond acceptors (Lipinski definition) is 5. The minimum absolute atomic E-state index is 0.280. The van der Waals surface area contributed by atoms with E-state index in [1.165, 1.54) is 7.11 Å². The van der Waals surface area contributed by atoms with Crippen molar-refractivity contribution in [3.8, 4) is 0 Å². The SMILES string of the molecule is C=CCC(C(=O)OCC)C1=NC(c2ccc(NC(=O)OC)cc2Br)=CC1. The summed E-state index contributed by atoms with van der Waals surface area (Å²) in [5, 5.41) is 2.60. The third-order valence-electron chi connectivity index (χ3n) is 3.82. The van der Waals surface area contributed by atoms with E-state index in [1.807, 2.05) is 12.1 Å². The van der Waals surface area contributed by atoms with Gasteiger partial charge in [0.1, 0.15) is 0 Å². The van der Waals surface area contributed by atoms with Gasteiger partial charge in [0.05, 0.1) is 25.3 Å². The van der Waals surface area contributed by atoms with Gasteiger partial charge in [-0.25, -0.2) is 4.79 Å². The molecule has 7 heteroatoms. The van der Waals surface area contributed by atoms with Gasteiger partial charge >= 0.3 is 12.1 Å². The van der Waals surface area contributed by atoms with Crippen LogP contribution in [0.15, 0.2) is 46.4 Å². The van der Waals surface area contributed by atoms with Crippen molar-refractivity contribution in [1.29, 1.82) is 0 Å². The molecule has 26 heavy (non-hydrogen) atoms. The summed E-state index contributed by atoms with van der Waals surface area (Å²) in [5.74, 6) is -0.697. The summed E-state index contributed by atoms with van der Waals surface area (Å²) in [7, 11) is 1.31. The molecular weight excluding hydrogens is 400 g/mol. The lowest BCUT2D eigenvalue weighted by Gasteiger charge is -2.13. The van der Waals surface area contributed by atoms with Crippen LogP contribution < -0.4 is 5.32 Å². The number of methoxy groups -OCH3 is 1. The molecule has 6 nitrogen and oxygen atoms in total. The third kappa shape index (κ3) is 4.82. The van der Waals surface area contributed by atoms with Gasteiger partial charge in [-0.15, -0.1) is 6.58 Å². The van der Waals surface area contributed by atoms with Gasteiger partial charge in [0, 0.05) is 27.9 Å². The second kappa shape index (κ2) is 9.33. The predicted octanol–water partition coefficient (Wildman–Crippen LogP) is 4.57. The molecule has 1 amide bonds. The van der Waals surface area contributed by atoms with E-state index in [-0.39, 0.29) is 5.97 Å². The highest BCUT2D eigenvalue weighted by Gasteiger charge is 2.27. The Hall–Kier alpha value is -2.41. The molecule has 1 aliphatic rings. The van der Waals surface area contributed by atoms with Crippen molar-refractivity contribution >= 4 is 45.1 Å². The predicted molar refractivity (Wildman–Crippen MR) is 105 cm³/mol. The summed E-state index contributed by atoms with van der Waals surface area (Å²) >= 11 is 3.50. The number of ether oxygens (including phenoxy) is 2. The molecular formula is C19H21BrN2O4. The van der Waals surface area contributed by atoms with Crippen LogP contribution in [-0.4, -0.2) is 31.5 Å². The van der Waals surface area contributed by atoms with Gasteiger partial charge in [-0.05, 0) is 31.5 Å². The smallest absolute Gasteiger partial charge is 0.411 e. The van der Waals surface area contributed by atoms with E-state index in [0.29, 0.717) is 25.1 Å². The van der Waals surface area contributed by atoms with Crippen LogP contribution in [0.2, 0.25) is 0 Å². The number of nitrogens with zero attached hydrogens (tertiary/aromatic N) is 1. The molecule has 0 radical (unpaired) electrons. The maximum atomic E-state index is 12.2. The number of rotatable bonds is 7. The number of carbonyl (C=O) groups excluding carboxylic acids is 2. The Bertz CT molecular complexity index is 771. The monoisotopic (exact) mass is 420 g/mol. The summed E-state index contributed by atoms with van der Waals surface area (Å²) in [6, 6.07) is 5.38. The van der Waals surface area contributed by atoms with E-state index >= 15 is 0 Å². The van der Waals surface area contributed by atoms with Gasteiger partial charge < -0.3 is 9.47 Å². The van der Waals surface area contributed by atoms with Gasteiger partial charge in [0.25, 0.3) is 0 Å². The maximum Gasteiger partial charge on any atom is 0.411 e. The van der Waals surface area contributed by atoms with Crippen molar-refractivity contribution in [1.82, 2.24) is 0 Å². The zero-order valence-electron chi connectivity index (χ0n) is 14.8. The first-order valence-electron chi connectivity index (χ1n) is 8.20. The molecule has 0 saturated carbocycles. The van der Waals surface area contributed by atoms with Gasteiger partial charge in [0.15, 0.2) is 0 Å². The normalized spacial score (nSPS) is 14.1. The van der Waals surface area contributed by atoms with Gasteiger partial charge in [-0.2, -0.15) is 0 Å². The van der Waals surface area contributed by atoms with E-state index in [1.54, 1.807) is 25.1 Å². The van der Waals surface area contributed by atoms with Crippen LogP contribution in [0.3, 0.4) is 0 Å². The summed E-state index contributed by atoms with van der Waals surface area (Å²) in [6.45, 7) is 5.83. The lowest BCUT2D eigenvalue weighted by molar-refractivity contribution is -0.145. The van der Waals surface area contributed by atoms with Crippen LogP contribution in [0.4, 0.5) is 10.5 Å². The molecule has 0 aliphatic carbocycles. The molecule has 0 aromatic heterocycles. The van der Waals surface area contributed by atoms with Crippen LogP contribution in [0.5, 0.6) is 0 Å². The minimum atomic E-state index is -0.535. The molecule has 1 atom stereocenters. The van der Waals surface area contributed by atoms with Crippen LogP contribution in [0.1, 0.15) is 25.3 Å². The molecule has 138 valence electrons. The van der Waals surface area contributed by atoms with Gasteiger partial charge in [-0.1, -0.05) is 28.1 Å². The molecule has 0 fully saturated rings. The van der Waals surface area contributed by atoms with Crippen molar-refractivity contribution in [3.05, 3.63) is 47.0 Å². The fourth-order valence-electron chi connectivity index (χ4n) is 2.58. The zero-order chi connectivity index (χ0) is 19.1. The van der Waals surface area contributed by atoms with E-state index in [0.717, 1.165) is 21.4 Å². The fraction of sp³-hybridized carbons (Fsp3) is 0.316. The molecule has 1 unspecified atom stereocenters. The Morgan fingerprint density at radius 3 is 2.85 bits per heavy atom. The summed E-state index contributed by atoms with van der Waals surface area (Å²) < 4.78 is 10.5. The summed E-state index contributed by atoms with van der Waals surface area (Å²) in [6.07, 6.45) is 4.21. The number of allylic oxidation sites excluding steroid dienone is 2. The average molecular weight is 421 g/mol. The highest BCUT2D eigenvalue weighted by Crippen LogP contribution is 2.32. The van der Waals surface area contributed by atoms with Gasteiger partial charge in [-0.3, -0.25) is 15.1 Å². The quantitative estimate of drug-likeness (QED) is 0.517. The molecule has 0 spiro atoms. The minimum Gasteiger partial charge on any atom is -0.465 e. The van der Waals surface area contributed by atoms with E-state index in [9.17, 15) is 9.59 Å². The summed E-state index contributed by atoms with van der Waals surface area (Å²) in [5.41, 5.74) is 3.01. The van der Waals surface area contributed by atoms with E-state index < -0.39 is 12.0 Å². The number of benzene rings is 1. The average Bonchev–Trinajstić information content (AvgIpc) is 3.09. The Labute approximate surface area is 161 Å². The van der Waals surface area contributed by atoms with E-state index in [4.69, 9.17) is 4.74 Å². The largest absolute Gasteiger partial charge is 0.465 e. The lowest BCUT2D eigenvalue weighted by Crippen LogP contribution is -2.24. The highest BCUT2D eigenvalue weighted by atomic mass is 79.9. The number of nitrogens with one attached hydrogen (secondary N) is 1. The molecule has 2 rings (SSSR count). The number of amides is 1. The molecule has 1 heterocycles. The number of carbonyl (C=O) groups is 2. The number of anilines is 1. The van der Waals surface area contributed by atoms with Crippen molar-refractivity contribution < 1.29 is 19.1 Å². The van der Waals surface area contributed by atoms with Crippen LogP contribution >= 0.6 is 15.9 Å². The number of hydrogen-bond donors (Lipinski definition) is 1. The van der Waals surface area contributed by atoms with Crippen LogP contribution in [0, 0.1) is 5.92 Å². The standard InChI is InChI=1S/C19H21BrN2O4/c1-4-6-14(18(23)26-5-2)17-10-9-16(22-17)13-8-7-12(11-15(13)20)21-19(24)25-3/h4,7-9,11,14H,1,5-6,10H2,2-3H3,(H,21,24). The Morgan fingerprint density at radius 2 is 2.23 bits per heavy atom. The number of halogens is 1. The Balaban J connectivity index is 2.20. The highest BCUT2D eigenvalue weighted by molar-refractivity contribution is 9.10. The Morgan fingerprint density at radius 1 is 1.46 bits per heavy atom. The third-order valence-corrected chi connectivity index (χ3v) is 4.48. The second-order valence-electron chi connectivity index (χ2n) is 5.54. The van der Waals surface area contributed by atoms with E-state index in [2.05, 4.69) is 37.6 Å².